The van der Waals surface area contributed by atoms with Gasteiger partial charge in [-0.05, 0) is 6.07 Å². The summed E-state index contributed by atoms with van der Waals surface area (Å²) in [5.41, 5.74) is 0.432. The fourth-order valence-electron chi connectivity index (χ4n) is 1.20. The minimum absolute atomic E-state index is 0.196. The quantitative estimate of drug-likeness (QED) is 0.591. The zero-order chi connectivity index (χ0) is 11.5. The highest BCUT2D eigenvalue weighted by Crippen LogP contribution is 2.16. The molecule has 0 saturated carbocycles. The van der Waals surface area contributed by atoms with Crippen molar-refractivity contribution in [3.63, 3.8) is 0 Å². The van der Waals surface area contributed by atoms with Crippen LogP contribution in [0.4, 0.5) is 5.88 Å². The molecule has 0 radical (unpaired) electrons. The smallest absolute Gasteiger partial charge is 0.404 e. The molecule has 0 fully saturated rings. The van der Waals surface area contributed by atoms with Crippen molar-refractivity contribution in [2.24, 2.45) is 0 Å². The van der Waals surface area contributed by atoms with Crippen molar-refractivity contribution in [1.29, 1.82) is 0 Å². The Kier molecular flexibility index (Phi) is 2.64. The molecule has 0 aliphatic heterocycles. The molecule has 0 bridgehead atoms. The summed E-state index contributed by atoms with van der Waals surface area (Å²) in [6, 6.07) is 2.78. The average molecular weight is 224 g/mol. The van der Waals surface area contributed by atoms with Gasteiger partial charge in [0.05, 0.1) is 18.9 Å². The molecule has 8 heteroatoms. The highest BCUT2D eigenvalue weighted by atomic mass is 16.6. The highest BCUT2D eigenvalue weighted by Gasteiger charge is 2.12. The van der Waals surface area contributed by atoms with Crippen LogP contribution in [0.3, 0.4) is 0 Å². The molecule has 0 unspecified atom stereocenters. The van der Waals surface area contributed by atoms with Gasteiger partial charge >= 0.3 is 5.88 Å². The number of aromatic nitrogens is 3. The first kappa shape index (κ1) is 10.3. The molecule has 2 heterocycles. The Labute approximate surface area is 89.3 Å². The first-order chi connectivity index (χ1) is 7.69. The molecule has 8 nitrogen and oxygen atoms in total. The summed E-state index contributed by atoms with van der Waals surface area (Å²) in [6.07, 6.45) is 1.54. The lowest BCUT2D eigenvalue weighted by Gasteiger charge is -1.94. The number of nitrogens with zero attached hydrogens (tertiary/aromatic N) is 4. The second-order valence-electron chi connectivity index (χ2n) is 3.06. The maximum Gasteiger partial charge on any atom is 0.433 e. The largest absolute Gasteiger partial charge is 0.433 e. The summed E-state index contributed by atoms with van der Waals surface area (Å²) in [7, 11) is 0. The monoisotopic (exact) mass is 224 g/mol. The summed E-state index contributed by atoms with van der Waals surface area (Å²) in [6.45, 7) is 0.0408. The van der Waals surface area contributed by atoms with Crippen LogP contribution in [-0.4, -0.2) is 25.0 Å². The lowest BCUT2D eigenvalue weighted by atomic mass is 10.4. The first-order valence-corrected chi connectivity index (χ1v) is 4.42. The molecular weight excluding hydrogens is 216 g/mol. The average Bonchev–Trinajstić information content (AvgIpc) is 2.87. The van der Waals surface area contributed by atoms with E-state index in [1.807, 2.05) is 0 Å². The summed E-state index contributed by atoms with van der Waals surface area (Å²) in [5, 5.41) is 26.5. The van der Waals surface area contributed by atoms with Gasteiger partial charge in [-0.1, -0.05) is 5.21 Å². The molecule has 0 atom stereocenters. The number of aliphatic hydroxyl groups excluding tert-OH is 1. The van der Waals surface area contributed by atoms with Crippen LogP contribution in [0.15, 0.2) is 22.7 Å². The normalized spacial score (nSPS) is 10.6. The van der Waals surface area contributed by atoms with Crippen molar-refractivity contribution >= 4 is 5.88 Å². The molecule has 2 aromatic rings. The van der Waals surface area contributed by atoms with E-state index in [1.165, 1.54) is 23.0 Å². The number of aliphatic hydroxyl groups is 1. The molecule has 2 rings (SSSR count). The summed E-state index contributed by atoms with van der Waals surface area (Å²) in [5.74, 6) is 0.0959. The van der Waals surface area contributed by atoms with Gasteiger partial charge in [-0.25, -0.2) is 4.68 Å². The van der Waals surface area contributed by atoms with Gasteiger partial charge < -0.3 is 9.52 Å². The van der Waals surface area contributed by atoms with Crippen LogP contribution in [0.2, 0.25) is 0 Å². The van der Waals surface area contributed by atoms with Crippen molar-refractivity contribution < 1.29 is 14.4 Å². The van der Waals surface area contributed by atoms with Gasteiger partial charge in [-0.3, -0.25) is 10.1 Å². The van der Waals surface area contributed by atoms with E-state index in [0.717, 1.165) is 0 Å². The summed E-state index contributed by atoms with van der Waals surface area (Å²) < 4.78 is 6.37. The van der Waals surface area contributed by atoms with Crippen molar-refractivity contribution in [1.82, 2.24) is 15.0 Å². The molecule has 1 N–H and O–H groups in total. The van der Waals surface area contributed by atoms with Crippen LogP contribution in [-0.2, 0) is 13.2 Å². The number of hydrogen-bond acceptors (Lipinski definition) is 6. The lowest BCUT2D eigenvalue weighted by molar-refractivity contribution is -0.402. The predicted molar refractivity (Wildman–Crippen MR) is 50.4 cm³/mol. The van der Waals surface area contributed by atoms with E-state index in [1.54, 1.807) is 0 Å². The van der Waals surface area contributed by atoms with E-state index in [9.17, 15) is 10.1 Å². The second kappa shape index (κ2) is 4.11. The van der Waals surface area contributed by atoms with E-state index in [0.29, 0.717) is 11.5 Å². The third kappa shape index (κ3) is 2.06. The van der Waals surface area contributed by atoms with E-state index in [-0.39, 0.29) is 19.0 Å². The van der Waals surface area contributed by atoms with Gasteiger partial charge in [0.15, 0.2) is 0 Å². The van der Waals surface area contributed by atoms with Crippen LogP contribution in [0.5, 0.6) is 0 Å². The molecule has 0 saturated heterocycles. The van der Waals surface area contributed by atoms with Gasteiger partial charge in [-0.2, -0.15) is 0 Å². The zero-order valence-electron chi connectivity index (χ0n) is 8.11. The Bertz CT molecular complexity index is 504. The molecule has 2 aromatic heterocycles. The second-order valence-corrected chi connectivity index (χ2v) is 3.06. The number of rotatable bonds is 4. The third-order valence-electron chi connectivity index (χ3n) is 1.89. The van der Waals surface area contributed by atoms with Crippen molar-refractivity contribution in [3.8, 4) is 0 Å². The Morgan fingerprint density at radius 2 is 2.38 bits per heavy atom. The van der Waals surface area contributed by atoms with E-state index >= 15 is 0 Å². The molecule has 0 aliphatic rings. The molecule has 16 heavy (non-hydrogen) atoms. The van der Waals surface area contributed by atoms with Gasteiger partial charge in [0, 0.05) is 0 Å². The van der Waals surface area contributed by atoms with Crippen LogP contribution < -0.4 is 0 Å². The maximum atomic E-state index is 10.4. The number of furan rings is 1. The van der Waals surface area contributed by atoms with Gasteiger partial charge in [0.25, 0.3) is 0 Å². The van der Waals surface area contributed by atoms with Crippen LogP contribution in [0, 0.1) is 10.1 Å². The Hall–Kier alpha value is -2.22. The van der Waals surface area contributed by atoms with Gasteiger partial charge in [0.1, 0.15) is 22.9 Å². The van der Waals surface area contributed by atoms with Crippen LogP contribution in [0.1, 0.15) is 11.5 Å². The number of hydrogen-bond donors (Lipinski definition) is 1. The summed E-state index contributed by atoms with van der Waals surface area (Å²) in [4.78, 5) is 9.75. The standard InChI is InChI=1S/C8H8N4O4/c13-5-6-3-11(10-9-6)4-7-1-2-8(16-7)12(14)15/h1-3,13H,4-5H2. The first-order valence-electron chi connectivity index (χ1n) is 4.42. The molecule has 0 aliphatic carbocycles. The minimum Gasteiger partial charge on any atom is -0.404 e. The van der Waals surface area contributed by atoms with E-state index in [4.69, 9.17) is 9.52 Å². The number of nitro groups is 1. The Morgan fingerprint density at radius 1 is 1.56 bits per heavy atom. The topological polar surface area (TPSA) is 107 Å². The molecule has 84 valence electrons. The Balaban J connectivity index is 2.11. The fraction of sp³-hybridized carbons (Fsp3) is 0.250. The molecular formula is C8H8N4O4. The zero-order valence-corrected chi connectivity index (χ0v) is 8.11. The minimum atomic E-state index is -0.607. The maximum absolute atomic E-state index is 10.4. The predicted octanol–water partition coefficient (Wildman–Crippen LogP) is 0.320. The highest BCUT2D eigenvalue weighted by molar-refractivity contribution is 5.17. The van der Waals surface area contributed by atoms with E-state index < -0.39 is 4.92 Å². The van der Waals surface area contributed by atoms with Crippen LogP contribution >= 0.6 is 0 Å². The van der Waals surface area contributed by atoms with Crippen molar-refractivity contribution in [3.05, 3.63) is 39.9 Å². The van der Waals surface area contributed by atoms with E-state index in [2.05, 4.69) is 10.3 Å². The summed E-state index contributed by atoms with van der Waals surface area (Å²) >= 11 is 0. The third-order valence-corrected chi connectivity index (χ3v) is 1.89. The van der Waals surface area contributed by atoms with Crippen LogP contribution in [0.25, 0.3) is 0 Å². The van der Waals surface area contributed by atoms with Crippen molar-refractivity contribution in [2.45, 2.75) is 13.2 Å². The fourth-order valence-corrected chi connectivity index (χ4v) is 1.20. The Morgan fingerprint density at radius 3 is 2.94 bits per heavy atom. The van der Waals surface area contributed by atoms with Gasteiger partial charge in [-0.15, -0.1) is 5.10 Å². The molecule has 0 spiro atoms. The molecule has 0 amide bonds. The molecule has 0 aromatic carbocycles. The SMILES string of the molecule is O=[N+]([O-])c1ccc(Cn2cc(CO)nn2)o1. The lowest BCUT2D eigenvalue weighted by Crippen LogP contribution is -1.99. The van der Waals surface area contributed by atoms with Crippen molar-refractivity contribution in [2.75, 3.05) is 0 Å². The van der Waals surface area contributed by atoms with Gasteiger partial charge in [0.2, 0.25) is 0 Å².